The summed E-state index contributed by atoms with van der Waals surface area (Å²) in [7, 11) is 0. The minimum absolute atomic E-state index is 0.154. The fraction of sp³-hybridized carbons (Fsp3) is 0.798. The first-order valence-electron chi connectivity index (χ1n) is 43.6. The Bertz CT molecular complexity index is 3300. The Balaban J connectivity index is 0.000000114. The first-order chi connectivity index (χ1) is 51.1. The lowest BCUT2D eigenvalue weighted by Crippen LogP contribution is -2.62. The molecule has 24 rings (SSSR count). The normalized spacial score (nSPS) is 45.0. The van der Waals surface area contributed by atoms with Gasteiger partial charge in [0.1, 0.15) is 33.6 Å². The summed E-state index contributed by atoms with van der Waals surface area (Å²) >= 11 is 0. The van der Waals surface area contributed by atoms with Crippen LogP contribution in [0, 0.1) is 148 Å². The Kier molecular flexibility index (Phi) is 23.6. The standard InChI is InChI=1S/C17H24O4.C17H26O2.C16H24O2.2C15H22O2.C14H20O2/c1-10(2)16(19)20-9-15(18)21-17(3)13-5-11-4-12(7-13)8-14(17)6-11;1-10(2)16(18)19-17(11(3)4)14-6-12-5-13(8-14)9-15(17)7-12;1-4-16(18-15(17)10(2)3)13-6-11-5-12(8-13)9-14(16)7-11;1-9(2)14(16)17-15(3)12-5-10-4-11(7-12)8-13(15)6-10;1-3-14(16)17-15(4-2)12-6-10-5-11(8-12)9-13(15)7-10;1-3-13(15)16-14(2)11-5-9-4-10(7-11)8-12(14)6-9/h11-14H,1,4-9H2,2-3H3;11-15H,1,5-9H2,2-4H3;11-14H,2,4-9H2,1,3H3;10-13H,1,4-8H2,2-3H3;3,10-13H,1,4-9H2,2H3;3,9-12H,1,4-8H2,2H3. The highest BCUT2D eigenvalue weighted by Gasteiger charge is 2.65. The van der Waals surface area contributed by atoms with Crippen molar-refractivity contribution in [1.82, 2.24) is 0 Å². The van der Waals surface area contributed by atoms with Gasteiger partial charge in [-0.15, -0.1) is 0 Å². The van der Waals surface area contributed by atoms with Crippen LogP contribution in [0.1, 0.15) is 282 Å². The van der Waals surface area contributed by atoms with E-state index in [1.165, 1.54) is 205 Å². The monoisotopic (exact) mass is 1490 g/mol. The third-order valence-electron chi connectivity index (χ3n) is 33.6. The van der Waals surface area contributed by atoms with Gasteiger partial charge < -0.3 is 33.2 Å². The molecular formula is C94H138O14. The maximum Gasteiger partial charge on any atom is 0.344 e. The molecule has 0 aromatic carbocycles. The maximum absolute atomic E-state index is 12.1. The molecule has 14 nitrogen and oxygen atoms in total. The van der Waals surface area contributed by atoms with Crippen LogP contribution in [0.3, 0.4) is 0 Å². The van der Waals surface area contributed by atoms with Gasteiger partial charge in [-0.05, 0) is 402 Å². The van der Waals surface area contributed by atoms with Crippen molar-refractivity contribution in [3.8, 4) is 0 Å². The van der Waals surface area contributed by atoms with Crippen molar-refractivity contribution >= 4 is 41.8 Å². The van der Waals surface area contributed by atoms with E-state index in [4.69, 9.17) is 33.2 Å². The van der Waals surface area contributed by atoms with Crippen LogP contribution < -0.4 is 0 Å². The van der Waals surface area contributed by atoms with Crippen molar-refractivity contribution in [2.24, 2.45) is 148 Å². The van der Waals surface area contributed by atoms with Gasteiger partial charge in [0.15, 0.2) is 6.61 Å². The molecule has 0 radical (unpaired) electrons. The topological polar surface area (TPSA) is 184 Å². The van der Waals surface area contributed by atoms with E-state index < -0.39 is 11.9 Å². The van der Waals surface area contributed by atoms with Gasteiger partial charge in [-0.3, -0.25) is 0 Å². The first-order valence-corrected chi connectivity index (χ1v) is 43.6. The number of hydrogen-bond acceptors (Lipinski definition) is 14. The Labute approximate surface area is 648 Å². The smallest absolute Gasteiger partial charge is 0.344 e. The van der Waals surface area contributed by atoms with Crippen LogP contribution in [0.25, 0.3) is 0 Å². The summed E-state index contributed by atoms with van der Waals surface area (Å²) in [5.41, 5.74) is 0.613. The average Bonchev–Trinajstić information content (AvgIpc) is 0.892. The molecule has 14 heteroatoms. The molecule has 0 spiro atoms. The van der Waals surface area contributed by atoms with Gasteiger partial charge >= 0.3 is 41.8 Å². The lowest BCUT2D eigenvalue weighted by molar-refractivity contribution is -0.221. The van der Waals surface area contributed by atoms with Crippen LogP contribution in [0.2, 0.25) is 0 Å². The van der Waals surface area contributed by atoms with Gasteiger partial charge in [-0.2, -0.15) is 0 Å². The molecule has 598 valence electrons. The van der Waals surface area contributed by atoms with Crippen molar-refractivity contribution < 1.29 is 66.7 Å². The van der Waals surface area contributed by atoms with E-state index in [0.717, 1.165) is 83.9 Å². The summed E-state index contributed by atoms with van der Waals surface area (Å²) < 4.78 is 40.2. The van der Waals surface area contributed by atoms with E-state index in [2.05, 4.69) is 87.9 Å². The Hall–Kier alpha value is -5.27. The second-order valence-electron chi connectivity index (χ2n) is 40.6. The molecular weight excluding hydrogens is 1350 g/mol. The van der Waals surface area contributed by atoms with E-state index in [1.807, 2.05) is 0 Å². The minimum atomic E-state index is -0.540. The average molecular weight is 1490 g/mol. The maximum atomic E-state index is 12.1. The number of carbonyl (C=O) groups is 7. The molecule has 108 heavy (non-hydrogen) atoms. The Morgan fingerprint density at radius 1 is 0.315 bits per heavy atom. The molecule has 24 bridgehead atoms. The zero-order chi connectivity index (χ0) is 77.5. The summed E-state index contributed by atoms with van der Waals surface area (Å²) in [6, 6.07) is 0. The first kappa shape index (κ1) is 80.8. The van der Waals surface area contributed by atoms with Gasteiger partial charge in [0.2, 0.25) is 0 Å². The predicted molar refractivity (Wildman–Crippen MR) is 418 cm³/mol. The quantitative estimate of drug-likeness (QED) is 0.0761. The summed E-state index contributed by atoms with van der Waals surface area (Å²) in [5, 5.41) is 0. The second kappa shape index (κ2) is 31.6. The highest BCUT2D eigenvalue weighted by atomic mass is 16.6. The fourth-order valence-corrected chi connectivity index (χ4v) is 29.4. The Morgan fingerprint density at radius 2 is 0.546 bits per heavy atom. The third-order valence-corrected chi connectivity index (χ3v) is 33.6. The van der Waals surface area contributed by atoms with E-state index in [9.17, 15) is 33.6 Å². The van der Waals surface area contributed by atoms with Crippen LogP contribution in [-0.4, -0.2) is 82.0 Å². The highest BCUT2D eigenvalue weighted by molar-refractivity contribution is 5.89. The highest BCUT2D eigenvalue weighted by Crippen LogP contribution is 2.67. The SMILES string of the molecule is C=C(C)C(=O)OC1(C(C)C)C2CC3CC(C2)CC1C3.C=C(C)C(=O)OC1(C)C2CC3CC(C2)CC1C3.C=C(C)C(=O)OC1(CC)C2CC3CC(C2)CC1C3.C=C(C)C(=O)OCC(=O)OC1(C)C2CC3CC(C2)CC1C3.C=CC(=O)OC1(C)C2CC3CC(C2)CC1C3.C=CC(=O)OC1(CC)C2CC3CC(C2)CC1C3. The molecule has 0 N–H and O–H groups in total. The number of rotatable bonds is 17. The minimum Gasteiger partial charge on any atom is -0.456 e. The molecule has 24 aliphatic carbocycles. The van der Waals surface area contributed by atoms with Gasteiger partial charge in [-0.25, -0.2) is 33.6 Å². The zero-order valence-electron chi connectivity index (χ0n) is 68.4. The fourth-order valence-electron chi connectivity index (χ4n) is 29.4. The molecule has 0 amide bonds. The number of esters is 7. The molecule has 24 aliphatic rings. The number of carbonyl (C=O) groups excluding carboxylic acids is 7. The zero-order valence-corrected chi connectivity index (χ0v) is 68.4. The van der Waals surface area contributed by atoms with Crippen molar-refractivity contribution in [2.75, 3.05) is 6.61 Å². The van der Waals surface area contributed by atoms with E-state index in [-0.39, 0.29) is 70.1 Å². The summed E-state index contributed by atoms with van der Waals surface area (Å²) in [6.07, 6.45) is 43.3. The van der Waals surface area contributed by atoms with E-state index in [1.54, 1.807) is 27.7 Å². The molecule has 0 heterocycles. The van der Waals surface area contributed by atoms with Crippen LogP contribution in [0.5, 0.6) is 0 Å². The van der Waals surface area contributed by atoms with Gasteiger partial charge in [-0.1, -0.05) is 67.2 Å². The molecule has 0 aromatic rings. The van der Waals surface area contributed by atoms with Gasteiger partial charge in [0.05, 0.1) is 0 Å². The number of ether oxygens (including phenoxy) is 7. The van der Waals surface area contributed by atoms with Crippen molar-refractivity contribution in [3.05, 3.63) is 73.9 Å². The largest absolute Gasteiger partial charge is 0.456 e. The van der Waals surface area contributed by atoms with Crippen LogP contribution in [0.15, 0.2) is 73.9 Å². The molecule has 0 unspecified atom stereocenters. The van der Waals surface area contributed by atoms with Crippen LogP contribution in [-0.2, 0) is 66.7 Å². The predicted octanol–water partition coefficient (Wildman–Crippen LogP) is 20.1. The second-order valence-corrected chi connectivity index (χ2v) is 40.6. The van der Waals surface area contributed by atoms with Gasteiger partial charge in [0.25, 0.3) is 0 Å². The lowest BCUT2D eigenvalue weighted by atomic mass is 9.47. The molecule has 24 saturated carbocycles. The molecule has 24 fully saturated rings. The summed E-state index contributed by atoms with van der Waals surface area (Å²) in [4.78, 5) is 82.4. The Morgan fingerprint density at radius 3 is 0.815 bits per heavy atom. The lowest BCUT2D eigenvalue weighted by Gasteiger charge is -2.61. The van der Waals surface area contributed by atoms with Crippen molar-refractivity contribution in [2.45, 2.75) is 315 Å². The van der Waals surface area contributed by atoms with E-state index in [0.29, 0.717) is 99.2 Å². The molecule has 0 aromatic heterocycles. The van der Waals surface area contributed by atoms with Crippen molar-refractivity contribution in [3.63, 3.8) is 0 Å². The van der Waals surface area contributed by atoms with Crippen LogP contribution >= 0.6 is 0 Å². The third kappa shape index (κ3) is 15.6. The number of hydrogen-bond donors (Lipinski definition) is 0. The summed E-state index contributed by atoms with van der Waals surface area (Å²) in [5.74, 6) is 16.2. The van der Waals surface area contributed by atoms with Gasteiger partial charge in [0, 0.05) is 34.4 Å². The van der Waals surface area contributed by atoms with E-state index >= 15 is 0 Å². The van der Waals surface area contributed by atoms with Crippen LogP contribution in [0.4, 0.5) is 0 Å². The molecule has 0 atom stereocenters. The molecule has 0 aliphatic heterocycles. The summed E-state index contributed by atoms with van der Waals surface area (Å²) in [6.45, 7) is 43.4. The van der Waals surface area contributed by atoms with Crippen molar-refractivity contribution in [1.29, 1.82) is 0 Å². The molecule has 0 saturated heterocycles.